The van der Waals surface area contributed by atoms with Crippen LogP contribution in [0.15, 0.2) is 121 Å². The van der Waals surface area contributed by atoms with E-state index in [1.165, 1.54) is 0 Å². The third-order valence-corrected chi connectivity index (χ3v) is 8.19. The lowest BCUT2D eigenvalue weighted by Gasteiger charge is -2.46. The number of aliphatic hydroxyl groups excluding tert-OH is 1. The Labute approximate surface area is 279 Å². The molecule has 0 bridgehead atoms. The molecule has 1 aliphatic rings. The summed E-state index contributed by atoms with van der Waals surface area (Å²) in [6, 6.07) is 40.1. The first-order valence-electron chi connectivity index (χ1n) is 16.8. The lowest BCUT2D eigenvalue weighted by atomic mass is 9.97. The smallest absolute Gasteiger partial charge is 0.189 e. The summed E-state index contributed by atoms with van der Waals surface area (Å²) in [6.07, 6.45) is -0.964. The lowest BCUT2D eigenvalue weighted by Crippen LogP contribution is -2.62. The molecular weight excluding hydrogens is 592 g/mol. The normalized spacial score (nSPS) is 21.8. The molecule has 5 rings (SSSR count). The molecule has 1 fully saturated rings. The van der Waals surface area contributed by atoms with Gasteiger partial charge in [-0.3, -0.25) is 0 Å². The van der Waals surface area contributed by atoms with Gasteiger partial charge in [0.2, 0.25) is 0 Å². The Morgan fingerprint density at radius 2 is 1.02 bits per heavy atom. The van der Waals surface area contributed by atoms with Crippen molar-refractivity contribution in [3.05, 3.63) is 144 Å². The van der Waals surface area contributed by atoms with Crippen molar-refractivity contribution >= 4 is 0 Å². The molecule has 47 heavy (non-hydrogen) atoms. The van der Waals surface area contributed by atoms with Crippen molar-refractivity contribution < 1.29 is 33.5 Å². The summed E-state index contributed by atoms with van der Waals surface area (Å²) in [4.78, 5) is 0. The molecule has 1 heterocycles. The Morgan fingerprint density at radius 1 is 0.574 bits per heavy atom. The second kappa shape index (κ2) is 19.4. The third kappa shape index (κ3) is 11.4. The Balaban J connectivity index is 1.43. The zero-order valence-electron chi connectivity index (χ0n) is 27.3. The number of rotatable bonds is 19. The molecule has 0 amide bonds. The van der Waals surface area contributed by atoms with Crippen molar-refractivity contribution in [1.29, 1.82) is 0 Å². The van der Waals surface area contributed by atoms with E-state index in [9.17, 15) is 5.11 Å². The zero-order chi connectivity index (χ0) is 32.5. The van der Waals surface area contributed by atoms with Gasteiger partial charge in [0.15, 0.2) is 12.6 Å². The SMILES string of the molecule is CCCCCC(O)OC1O[C@H](COCc2ccccc2)[C@@H](OCc2ccccc2)[C@H](OCc2ccccc2)[C@H]1OCc1ccccc1. The molecule has 1 aliphatic heterocycles. The maximum Gasteiger partial charge on any atom is 0.189 e. The van der Waals surface area contributed by atoms with Gasteiger partial charge in [-0.1, -0.05) is 141 Å². The first kappa shape index (κ1) is 34.9. The molecule has 0 spiro atoms. The monoisotopic (exact) mass is 640 g/mol. The zero-order valence-corrected chi connectivity index (χ0v) is 27.3. The predicted octanol–water partition coefficient (Wildman–Crippen LogP) is 7.60. The maximum atomic E-state index is 11.0. The number of hydrogen-bond acceptors (Lipinski definition) is 7. The van der Waals surface area contributed by atoms with E-state index in [2.05, 4.69) is 6.92 Å². The van der Waals surface area contributed by atoms with Crippen LogP contribution in [0, 0.1) is 0 Å². The highest BCUT2D eigenvalue weighted by Gasteiger charge is 2.49. The highest BCUT2D eigenvalue weighted by molar-refractivity contribution is 5.16. The van der Waals surface area contributed by atoms with E-state index in [0.717, 1.165) is 41.5 Å². The number of benzene rings is 4. The van der Waals surface area contributed by atoms with Gasteiger partial charge in [-0.2, -0.15) is 0 Å². The second-order valence-corrected chi connectivity index (χ2v) is 11.9. The molecule has 250 valence electrons. The van der Waals surface area contributed by atoms with Gasteiger partial charge in [0.05, 0.1) is 33.0 Å². The fourth-order valence-corrected chi connectivity index (χ4v) is 5.65. The van der Waals surface area contributed by atoms with Crippen LogP contribution in [0.25, 0.3) is 0 Å². The van der Waals surface area contributed by atoms with Crippen LogP contribution in [0.2, 0.25) is 0 Å². The summed E-state index contributed by atoms with van der Waals surface area (Å²) >= 11 is 0. The van der Waals surface area contributed by atoms with Crippen LogP contribution in [-0.2, 0) is 54.8 Å². The van der Waals surface area contributed by atoms with E-state index in [1.807, 2.05) is 121 Å². The molecule has 1 saturated heterocycles. The van der Waals surface area contributed by atoms with Gasteiger partial charge in [-0.05, 0) is 35.1 Å². The van der Waals surface area contributed by atoms with Crippen LogP contribution in [0.3, 0.4) is 0 Å². The van der Waals surface area contributed by atoms with E-state index in [1.54, 1.807) is 0 Å². The van der Waals surface area contributed by atoms with Crippen molar-refractivity contribution in [2.75, 3.05) is 6.61 Å². The molecule has 6 atom stereocenters. The maximum absolute atomic E-state index is 11.0. The number of aliphatic hydroxyl groups is 1. The van der Waals surface area contributed by atoms with Crippen LogP contribution in [0.5, 0.6) is 0 Å². The number of ether oxygens (including phenoxy) is 6. The minimum Gasteiger partial charge on any atom is -0.374 e. The lowest BCUT2D eigenvalue weighted by molar-refractivity contribution is -0.352. The quantitative estimate of drug-likeness (QED) is 0.0836. The van der Waals surface area contributed by atoms with Crippen LogP contribution in [0.4, 0.5) is 0 Å². The third-order valence-electron chi connectivity index (χ3n) is 8.19. The van der Waals surface area contributed by atoms with E-state index < -0.39 is 37.0 Å². The average molecular weight is 641 g/mol. The Kier molecular flexibility index (Phi) is 14.4. The Bertz CT molecular complexity index is 1370. The molecule has 7 nitrogen and oxygen atoms in total. The Hall–Kier alpha value is -3.40. The van der Waals surface area contributed by atoms with Crippen molar-refractivity contribution in [2.45, 2.75) is 96.0 Å². The van der Waals surface area contributed by atoms with E-state index in [4.69, 9.17) is 28.4 Å². The summed E-state index contributed by atoms with van der Waals surface area (Å²) in [5, 5.41) is 11.0. The van der Waals surface area contributed by atoms with Gasteiger partial charge in [-0.15, -0.1) is 0 Å². The summed E-state index contributed by atoms with van der Waals surface area (Å²) in [6.45, 7) is 3.79. The highest BCUT2D eigenvalue weighted by atomic mass is 16.8. The van der Waals surface area contributed by atoms with Crippen LogP contribution < -0.4 is 0 Å². The van der Waals surface area contributed by atoms with Gasteiger partial charge >= 0.3 is 0 Å². The molecule has 4 aromatic rings. The van der Waals surface area contributed by atoms with Gasteiger partial charge < -0.3 is 33.5 Å². The van der Waals surface area contributed by atoms with Gasteiger partial charge in [0, 0.05) is 0 Å². The summed E-state index contributed by atoms with van der Waals surface area (Å²) in [5.74, 6) is 0. The topological polar surface area (TPSA) is 75.6 Å². The van der Waals surface area contributed by atoms with Gasteiger partial charge in [-0.25, -0.2) is 0 Å². The fourth-order valence-electron chi connectivity index (χ4n) is 5.65. The van der Waals surface area contributed by atoms with Crippen molar-refractivity contribution in [1.82, 2.24) is 0 Å². The summed E-state index contributed by atoms with van der Waals surface area (Å²) in [7, 11) is 0. The molecule has 0 saturated carbocycles. The van der Waals surface area contributed by atoms with Crippen molar-refractivity contribution in [2.24, 2.45) is 0 Å². The van der Waals surface area contributed by atoms with Crippen LogP contribution >= 0.6 is 0 Å². The fraction of sp³-hybridized carbons (Fsp3) is 0.400. The number of hydrogen-bond donors (Lipinski definition) is 1. The molecule has 0 aliphatic carbocycles. The van der Waals surface area contributed by atoms with E-state index in [-0.39, 0.29) is 6.61 Å². The summed E-state index contributed by atoms with van der Waals surface area (Å²) in [5.41, 5.74) is 4.12. The Morgan fingerprint density at radius 3 is 1.51 bits per heavy atom. The molecular formula is C40H48O7. The molecule has 0 aromatic heterocycles. The first-order chi connectivity index (χ1) is 23.2. The predicted molar refractivity (Wildman–Crippen MR) is 181 cm³/mol. The molecule has 7 heteroatoms. The number of unbranched alkanes of at least 4 members (excludes halogenated alkanes) is 2. The molecule has 1 N–H and O–H groups in total. The minimum atomic E-state index is -1.02. The molecule has 4 aromatic carbocycles. The van der Waals surface area contributed by atoms with Gasteiger partial charge in [0.25, 0.3) is 0 Å². The first-order valence-corrected chi connectivity index (χ1v) is 16.8. The standard InChI is InChI=1S/C40H48O7/c1-2-3-8-25-36(41)47-40-39(45-29-34-23-15-7-16-24-34)38(44-28-33-21-13-6-14-22-33)37(43-27-32-19-11-5-12-20-32)35(46-40)30-42-26-31-17-9-4-10-18-31/h4-7,9-24,35-41H,2-3,8,25-30H2,1H3/t35-,36?,37-,38+,39-,40?/m1/s1. The van der Waals surface area contributed by atoms with E-state index >= 15 is 0 Å². The average Bonchev–Trinajstić information content (AvgIpc) is 3.11. The van der Waals surface area contributed by atoms with E-state index in [0.29, 0.717) is 32.8 Å². The minimum absolute atomic E-state index is 0.233. The van der Waals surface area contributed by atoms with Crippen molar-refractivity contribution in [3.63, 3.8) is 0 Å². The highest BCUT2D eigenvalue weighted by Crippen LogP contribution is 2.32. The van der Waals surface area contributed by atoms with Gasteiger partial charge in [0.1, 0.15) is 24.4 Å². The van der Waals surface area contributed by atoms with Crippen LogP contribution in [-0.4, -0.2) is 48.7 Å². The molecule has 2 unspecified atom stereocenters. The van der Waals surface area contributed by atoms with Crippen LogP contribution in [0.1, 0.15) is 54.9 Å². The summed E-state index contributed by atoms with van der Waals surface area (Å²) < 4.78 is 39.1. The van der Waals surface area contributed by atoms with Crippen molar-refractivity contribution in [3.8, 4) is 0 Å². The molecule has 0 radical (unpaired) electrons. The second-order valence-electron chi connectivity index (χ2n) is 11.9. The largest absolute Gasteiger partial charge is 0.374 e.